The molecule has 6 heteroatoms. The molecule has 0 saturated heterocycles. The fourth-order valence-electron chi connectivity index (χ4n) is 3.07. The maximum Gasteiger partial charge on any atom is 0.310 e. The molecule has 1 aliphatic heterocycles. The van der Waals surface area contributed by atoms with E-state index in [9.17, 15) is 13.2 Å². The predicted molar refractivity (Wildman–Crippen MR) is 96.5 cm³/mol. The molecular weight excluding hydrogens is 338 g/mol. The average Bonchev–Trinajstić information content (AvgIpc) is 2.88. The minimum Gasteiger partial charge on any atom is -0.382 e. The van der Waals surface area contributed by atoms with E-state index in [0.717, 1.165) is 16.5 Å². The third-order valence-electron chi connectivity index (χ3n) is 4.18. The second-order valence-corrected chi connectivity index (χ2v) is 7.49. The number of para-hydroxylation sites is 1. The first kappa shape index (κ1) is 15.7. The lowest BCUT2D eigenvalue weighted by molar-refractivity contribution is 0.0994. The standard InChI is InChI=1S/C19H15NO4S/c21-19-16-10-4-6-14-7-5-11-17(18(14)16)20(19)12-13-25(22,23)24-15-8-2-1-3-9-15/h1-11H,12-13H2. The Morgan fingerprint density at radius 1 is 0.880 bits per heavy atom. The van der Waals surface area contributed by atoms with Crippen molar-refractivity contribution >= 4 is 32.5 Å². The van der Waals surface area contributed by atoms with E-state index in [1.54, 1.807) is 36.4 Å². The molecule has 0 saturated carbocycles. The Balaban J connectivity index is 1.56. The SMILES string of the molecule is O=C1c2cccc3cccc(c23)N1CCS(=O)(=O)Oc1ccccc1. The number of rotatable bonds is 5. The van der Waals surface area contributed by atoms with E-state index in [4.69, 9.17) is 4.18 Å². The predicted octanol–water partition coefficient (Wildman–Crippen LogP) is 3.21. The number of benzene rings is 3. The van der Waals surface area contributed by atoms with Gasteiger partial charge in [-0.25, -0.2) is 0 Å². The monoisotopic (exact) mass is 353 g/mol. The second-order valence-electron chi connectivity index (χ2n) is 5.80. The molecule has 0 aliphatic carbocycles. The van der Waals surface area contributed by atoms with Gasteiger partial charge in [-0.2, -0.15) is 8.42 Å². The van der Waals surface area contributed by atoms with Crippen molar-refractivity contribution in [3.63, 3.8) is 0 Å². The molecule has 0 bridgehead atoms. The number of carbonyl (C=O) groups excluding carboxylic acids is 1. The molecule has 25 heavy (non-hydrogen) atoms. The van der Waals surface area contributed by atoms with E-state index in [1.807, 2.05) is 30.3 Å². The number of nitrogens with zero attached hydrogens (tertiary/aromatic N) is 1. The summed E-state index contributed by atoms with van der Waals surface area (Å²) in [4.78, 5) is 14.1. The van der Waals surface area contributed by atoms with Crippen molar-refractivity contribution in [1.29, 1.82) is 0 Å². The fourth-order valence-corrected chi connectivity index (χ4v) is 3.96. The van der Waals surface area contributed by atoms with Crippen LogP contribution in [0.5, 0.6) is 5.75 Å². The van der Waals surface area contributed by atoms with E-state index in [1.165, 1.54) is 4.90 Å². The van der Waals surface area contributed by atoms with Crippen molar-refractivity contribution in [2.45, 2.75) is 0 Å². The van der Waals surface area contributed by atoms with Crippen LogP contribution >= 0.6 is 0 Å². The normalized spacial score (nSPS) is 13.4. The van der Waals surface area contributed by atoms with Gasteiger partial charge in [0.2, 0.25) is 0 Å². The Morgan fingerprint density at radius 2 is 1.60 bits per heavy atom. The van der Waals surface area contributed by atoms with E-state index in [0.29, 0.717) is 5.56 Å². The Labute approximate surface area is 145 Å². The Kier molecular flexibility index (Phi) is 3.69. The minimum atomic E-state index is -3.80. The van der Waals surface area contributed by atoms with Crippen molar-refractivity contribution in [2.24, 2.45) is 0 Å². The van der Waals surface area contributed by atoms with Gasteiger partial charge < -0.3 is 9.08 Å². The summed E-state index contributed by atoms with van der Waals surface area (Å²) < 4.78 is 29.5. The summed E-state index contributed by atoms with van der Waals surface area (Å²) in [7, 11) is -3.80. The Morgan fingerprint density at radius 3 is 2.36 bits per heavy atom. The van der Waals surface area contributed by atoms with E-state index in [-0.39, 0.29) is 24.0 Å². The first-order valence-corrected chi connectivity index (χ1v) is 9.44. The zero-order valence-electron chi connectivity index (χ0n) is 13.3. The lowest BCUT2D eigenvalue weighted by Crippen LogP contribution is -2.33. The highest BCUT2D eigenvalue weighted by Gasteiger charge is 2.30. The molecule has 4 rings (SSSR count). The van der Waals surface area contributed by atoms with Gasteiger partial charge in [-0.15, -0.1) is 0 Å². The number of hydrogen-bond donors (Lipinski definition) is 0. The quantitative estimate of drug-likeness (QED) is 0.661. The van der Waals surface area contributed by atoms with Crippen LogP contribution in [-0.2, 0) is 10.1 Å². The minimum absolute atomic E-state index is 0.0434. The zero-order valence-corrected chi connectivity index (χ0v) is 14.1. The zero-order chi connectivity index (χ0) is 17.4. The topological polar surface area (TPSA) is 63.7 Å². The van der Waals surface area contributed by atoms with Gasteiger partial charge in [0.1, 0.15) is 11.5 Å². The summed E-state index contributed by atoms with van der Waals surface area (Å²) in [5, 5.41) is 1.84. The van der Waals surface area contributed by atoms with Gasteiger partial charge in [-0.1, -0.05) is 42.5 Å². The fraction of sp³-hybridized carbons (Fsp3) is 0.105. The molecule has 1 amide bonds. The van der Waals surface area contributed by atoms with E-state index >= 15 is 0 Å². The van der Waals surface area contributed by atoms with Crippen LogP contribution in [0, 0.1) is 0 Å². The van der Waals surface area contributed by atoms with Gasteiger partial charge in [0.25, 0.3) is 5.91 Å². The molecule has 0 radical (unpaired) electrons. The molecular formula is C19H15NO4S. The number of anilines is 1. The molecule has 0 atom stereocenters. The van der Waals surface area contributed by atoms with Crippen molar-refractivity contribution in [3.8, 4) is 5.75 Å². The summed E-state index contributed by atoms with van der Waals surface area (Å²) in [5.41, 5.74) is 1.35. The first-order valence-electron chi connectivity index (χ1n) is 7.86. The number of carbonyl (C=O) groups is 1. The number of hydrogen-bond acceptors (Lipinski definition) is 4. The lowest BCUT2D eigenvalue weighted by Gasteiger charge is -2.17. The van der Waals surface area contributed by atoms with Crippen LogP contribution < -0.4 is 9.08 Å². The largest absolute Gasteiger partial charge is 0.382 e. The molecule has 3 aromatic carbocycles. The molecule has 0 unspecified atom stereocenters. The molecule has 1 heterocycles. The molecule has 126 valence electrons. The highest BCUT2D eigenvalue weighted by Crippen LogP contribution is 2.36. The van der Waals surface area contributed by atoms with Gasteiger partial charge in [0, 0.05) is 17.5 Å². The van der Waals surface area contributed by atoms with Crippen LogP contribution in [0.3, 0.4) is 0 Å². The van der Waals surface area contributed by atoms with Crippen LogP contribution in [0.2, 0.25) is 0 Å². The smallest absolute Gasteiger partial charge is 0.310 e. The highest BCUT2D eigenvalue weighted by molar-refractivity contribution is 7.87. The van der Waals surface area contributed by atoms with E-state index in [2.05, 4.69) is 0 Å². The van der Waals surface area contributed by atoms with Crippen LogP contribution in [0.4, 0.5) is 5.69 Å². The van der Waals surface area contributed by atoms with Crippen molar-refractivity contribution in [3.05, 3.63) is 72.3 Å². The van der Waals surface area contributed by atoms with Crippen LogP contribution in [0.15, 0.2) is 66.7 Å². The first-order chi connectivity index (χ1) is 12.1. The lowest BCUT2D eigenvalue weighted by atomic mass is 10.1. The molecule has 3 aromatic rings. The van der Waals surface area contributed by atoms with Gasteiger partial charge >= 0.3 is 10.1 Å². The van der Waals surface area contributed by atoms with Crippen LogP contribution in [0.1, 0.15) is 10.4 Å². The highest BCUT2D eigenvalue weighted by atomic mass is 32.2. The summed E-state index contributed by atoms with van der Waals surface area (Å²) in [6.45, 7) is 0.0434. The molecule has 1 aliphatic rings. The third-order valence-corrected chi connectivity index (χ3v) is 5.31. The maximum atomic E-state index is 12.6. The van der Waals surface area contributed by atoms with Gasteiger partial charge in [0.05, 0.1) is 5.69 Å². The third kappa shape index (κ3) is 2.85. The molecule has 5 nitrogen and oxygen atoms in total. The van der Waals surface area contributed by atoms with Crippen molar-refractivity contribution in [1.82, 2.24) is 0 Å². The van der Waals surface area contributed by atoms with Crippen LogP contribution in [0.25, 0.3) is 10.8 Å². The van der Waals surface area contributed by atoms with Gasteiger partial charge in [0.15, 0.2) is 0 Å². The molecule has 0 N–H and O–H groups in total. The van der Waals surface area contributed by atoms with Crippen molar-refractivity contribution in [2.75, 3.05) is 17.2 Å². The molecule has 0 spiro atoms. The molecule has 0 aromatic heterocycles. The summed E-state index contributed by atoms with van der Waals surface area (Å²) in [6.07, 6.45) is 0. The van der Waals surface area contributed by atoms with Crippen LogP contribution in [-0.4, -0.2) is 26.6 Å². The van der Waals surface area contributed by atoms with Gasteiger partial charge in [-0.3, -0.25) is 4.79 Å². The van der Waals surface area contributed by atoms with Gasteiger partial charge in [-0.05, 0) is 29.7 Å². The molecule has 0 fully saturated rings. The maximum absolute atomic E-state index is 12.6. The number of amides is 1. The second kappa shape index (κ2) is 5.89. The summed E-state index contributed by atoms with van der Waals surface area (Å²) in [5.74, 6) is -0.194. The average molecular weight is 353 g/mol. The summed E-state index contributed by atoms with van der Waals surface area (Å²) >= 11 is 0. The Hall–Kier alpha value is -2.86. The summed E-state index contributed by atoms with van der Waals surface area (Å²) in [6, 6.07) is 19.5. The van der Waals surface area contributed by atoms with Crippen molar-refractivity contribution < 1.29 is 17.4 Å². The Bertz CT molecular complexity index is 1060. The van der Waals surface area contributed by atoms with E-state index < -0.39 is 10.1 Å².